The molecule has 0 unspecified atom stereocenters. The quantitative estimate of drug-likeness (QED) is 0.561. The molecule has 0 aromatic heterocycles. The normalized spacial score (nSPS) is 12.6. The Balaban J connectivity index is 2.30. The lowest BCUT2D eigenvalue weighted by Crippen LogP contribution is -2.06. The van der Waals surface area contributed by atoms with Crippen molar-refractivity contribution >= 4 is 5.97 Å². The average Bonchev–Trinajstić information content (AvgIpc) is 2.35. The summed E-state index contributed by atoms with van der Waals surface area (Å²) in [7, 11) is 0. The van der Waals surface area contributed by atoms with E-state index in [1.54, 1.807) is 13.0 Å². The van der Waals surface area contributed by atoms with Crippen LogP contribution in [0.4, 0.5) is 0 Å². The second kappa shape index (κ2) is 7.63. The standard InChI is InChI=1S/C14H18O3/c1-3-16-14(15)10-9-12(2)17-11-13-7-5-4-6-8-13/h4-10,12H,3,11H2,1-2H3/b10-9+/t12-/m1/s1. The molecular weight excluding hydrogens is 216 g/mol. The van der Waals surface area contributed by atoms with E-state index in [9.17, 15) is 4.79 Å². The zero-order valence-corrected chi connectivity index (χ0v) is 10.3. The summed E-state index contributed by atoms with van der Waals surface area (Å²) in [5.41, 5.74) is 1.11. The van der Waals surface area contributed by atoms with Gasteiger partial charge in [-0.2, -0.15) is 0 Å². The first kappa shape index (κ1) is 13.5. The fourth-order valence-electron chi connectivity index (χ4n) is 1.26. The van der Waals surface area contributed by atoms with Crippen LogP contribution in [0.1, 0.15) is 19.4 Å². The highest BCUT2D eigenvalue weighted by Gasteiger charge is 2.00. The topological polar surface area (TPSA) is 35.5 Å². The first-order chi connectivity index (χ1) is 8.22. The van der Waals surface area contributed by atoms with Gasteiger partial charge in [0.1, 0.15) is 0 Å². The molecule has 92 valence electrons. The maximum Gasteiger partial charge on any atom is 0.330 e. The van der Waals surface area contributed by atoms with Crippen LogP contribution in [0.15, 0.2) is 42.5 Å². The molecule has 0 radical (unpaired) electrons. The molecule has 0 aliphatic carbocycles. The molecule has 0 bridgehead atoms. The van der Waals surface area contributed by atoms with Crippen molar-refractivity contribution in [3.05, 3.63) is 48.0 Å². The molecule has 0 saturated heterocycles. The lowest BCUT2D eigenvalue weighted by Gasteiger charge is -2.08. The molecule has 17 heavy (non-hydrogen) atoms. The summed E-state index contributed by atoms with van der Waals surface area (Å²) in [5, 5.41) is 0. The lowest BCUT2D eigenvalue weighted by atomic mass is 10.2. The predicted molar refractivity (Wildman–Crippen MR) is 66.5 cm³/mol. The van der Waals surface area contributed by atoms with Gasteiger partial charge >= 0.3 is 5.97 Å². The minimum atomic E-state index is -0.331. The van der Waals surface area contributed by atoms with Crippen molar-refractivity contribution in [3.8, 4) is 0 Å². The van der Waals surface area contributed by atoms with E-state index in [1.165, 1.54) is 6.08 Å². The number of benzene rings is 1. The molecule has 3 heteroatoms. The first-order valence-electron chi connectivity index (χ1n) is 5.73. The van der Waals surface area contributed by atoms with Crippen molar-refractivity contribution in [2.75, 3.05) is 6.61 Å². The summed E-state index contributed by atoms with van der Waals surface area (Å²) in [6.45, 7) is 4.59. The summed E-state index contributed by atoms with van der Waals surface area (Å²) in [5.74, 6) is -0.331. The van der Waals surface area contributed by atoms with Gasteiger partial charge in [0.25, 0.3) is 0 Å². The molecule has 1 atom stereocenters. The van der Waals surface area contributed by atoms with Crippen molar-refractivity contribution in [2.24, 2.45) is 0 Å². The minimum Gasteiger partial charge on any atom is -0.463 e. The van der Waals surface area contributed by atoms with Gasteiger partial charge in [-0.05, 0) is 25.5 Å². The molecular formula is C14H18O3. The average molecular weight is 234 g/mol. The lowest BCUT2D eigenvalue weighted by molar-refractivity contribution is -0.137. The van der Waals surface area contributed by atoms with E-state index < -0.39 is 0 Å². The van der Waals surface area contributed by atoms with Gasteiger partial charge in [0, 0.05) is 6.08 Å². The van der Waals surface area contributed by atoms with Crippen LogP contribution >= 0.6 is 0 Å². The van der Waals surface area contributed by atoms with Crippen LogP contribution in [0.3, 0.4) is 0 Å². The van der Waals surface area contributed by atoms with Crippen molar-refractivity contribution in [2.45, 2.75) is 26.6 Å². The maximum atomic E-state index is 11.1. The molecule has 0 spiro atoms. The third kappa shape index (κ3) is 5.88. The number of ether oxygens (including phenoxy) is 2. The Hall–Kier alpha value is -1.61. The zero-order chi connectivity index (χ0) is 12.5. The van der Waals surface area contributed by atoms with Gasteiger partial charge in [-0.1, -0.05) is 30.3 Å². The van der Waals surface area contributed by atoms with Crippen LogP contribution in [-0.2, 0) is 20.9 Å². The summed E-state index contributed by atoms with van der Waals surface area (Å²) in [6, 6.07) is 9.91. The Morgan fingerprint density at radius 1 is 1.35 bits per heavy atom. The third-order valence-electron chi connectivity index (χ3n) is 2.15. The highest BCUT2D eigenvalue weighted by atomic mass is 16.5. The predicted octanol–water partition coefficient (Wildman–Crippen LogP) is 2.71. The van der Waals surface area contributed by atoms with E-state index in [1.807, 2.05) is 37.3 Å². The number of carbonyl (C=O) groups is 1. The van der Waals surface area contributed by atoms with Gasteiger partial charge in [-0.3, -0.25) is 0 Å². The van der Waals surface area contributed by atoms with Crippen molar-refractivity contribution in [1.82, 2.24) is 0 Å². The highest BCUT2D eigenvalue weighted by Crippen LogP contribution is 2.04. The van der Waals surface area contributed by atoms with Crippen LogP contribution < -0.4 is 0 Å². The van der Waals surface area contributed by atoms with Crippen molar-refractivity contribution < 1.29 is 14.3 Å². The van der Waals surface area contributed by atoms with E-state index in [-0.39, 0.29) is 12.1 Å². The summed E-state index contributed by atoms with van der Waals surface area (Å²) in [4.78, 5) is 11.1. The molecule has 0 aliphatic rings. The van der Waals surface area contributed by atoms with Crippen LogP contribution in [0.2, 0.25) is 0 Å². The fourth-order valence-corrected chi connectivity index (χ4v) is 1.26. The van der Waals surface area contributed by atoms with Gasteiger partial charge in [0.2, 0.25) is 0 Å². The first-order valence-corrected chi connectivity index (χ1v) is 5.73. The molecule has 0 aliphatic heterocycles. The molecule has 1 aromatic rings. The maximum absolute atomic E-state index is 11.1. The molecule has 0 amide bonds. The molecule has 1 aromatic carbocycles. The highest BCUT2D eigenvalue weighted by molar-refractivity contribution is 5.81. The van der Waals surface area contributed by atoms with Crippen LogP contribution in [0.5, 0.6) is 0 Å². The number of rotatable bonds is 6. The smallest absolute Gasteiger partial charge is 0.330 e. The minimum absolute atomic E-state index is 0.111. The second-order valence-electron chi connectivity index (χ2n) is 3.61. The Kier molecular flexibility index (Phi) is 6.04. The van der Waals surface area contributed by atoms with E-state index in [0.717, 1.165) is 5.56 Å². The summed E-state index contributed by atoms with van der Waals surface area (Å²) in [6.07, 6.45) is 2.99. The van der Waals surface area contributed by atoms with Gasteiger partial charge < -0.3 is 9.47 Å². The van der Waals surface area contributed by atoms with Gasteiger partial charge in [-0.25, -0.2) is 4.79 Å². The largest absolute Gasteiger partial charge is 0.463 e. The van der Waals surface area contributed by atoms with Gasteiger partial charge in [0.15, 0.2) is 0 Å². The summed E-state index contributed by atoms with van der Waals surface area (Å²) >= 11 is 0. The number of hydrogen-bond donors (Lipinski definition) is 0. The Morgan fingerprint density at radius 2 is 2.06 bits per heavy atom. The van der Waals surface area contributed by atoms with Crippen LogP contribution in [0, 0.1) is 0 Å². The monoisotopic (exact) mass is 234 g/mol. The number of esters is 1. The Morgan fingerprint density at radius 3 is 2.71 bits per heavy atom. The van der Waals surface area contributed by atoms with Crippen LogP contribution in [-0.4, -0.2) is 18.7 Å². The van der Waals surface area contributed by atoms with Gasteiger partial charge in [-0.15, -0.1) is 0 Å². The molecule has 0 heterocycles. The van der Waals surface area contributed by atoms with E-state index in [0.29, 0.717) is 13.2 Å². The zero-order valence-electron chi connectivity index (χ0n) is 10.3. The molecule has 0 saturated carbocycles. The SMILES string of the molecule is CCOC(=O)/C=C/[C@@H](C)OCc1ccccc1. The van der Waals surface area contributed by atoms with E-state index in [4.69, 9.17) is 9.47 Å². The molecule has 0 N–H and O–H groups in total. The van der Waals surface area contributed by atoms with Crippen molar-refractivity contribution in [3.63, 3.8) is 0 Å². The second-order valence-corrected chi connectivity index (χ2v) is 3.61. The molecule has 0 fully saturated rings. The molecule has 1 rings (SSSR count). The fraction of sp³-hybridized carbons (Fsp3) is 0.357. The number of carbonyl (C=O) groups excluding carboxylic acids is 1. The van der Waals surface area contributed by atoms with E-state index in [2.05, 4.69) is 0 Å². The van der Waals surface area contributed by atoms with Gasteiger partial charge in [0.05, 0.1) is 19.3 Å². The van der Waals surface area contributed by atoms with Crippen molar-refractivity contribution in [1.29, 1.82) is 0 Å². The third-order valence-corrected chi connectivity index (χ3v) is 2.15. The Labute approximate surface area is 102 Å². The van der Waals surface area contributed by atoms with E-state index >= 15 is 0 Å². The molecule has 3 nitrogen and oxygen atoms in total. The van der Waals surface area contributed by atoms with Crippen LogP contribution in [0.25, 0.3) is 0 Å². The summed E-state index contributed by atoms with van der Waals surface area (Å²) < 4.78 is 10.3. The Bertz CT molecular complexity index is 357. The number of hydrogen-bond acceptors (Lipinski definition) is 3.